The molecule has 2 unspecified atom stereocenters. The van der Waals surface area contributed by atoms with Gasteiger partial charge in [-0.05, 0) is 54.8 Å². The Hall–Kier alpha value is 0.110. The molecule has 1 aliphatic rings. The van der Waals surface area contributed by atoms with Gasteiger partial charge in [-0.25, -0.2) is 0 Å². The van der Waals surface area contributed by atoms with Gasteiger partial charge in [-0.2, -0.15) is 11.8 Å². The number of benzene rings is 1. The lowest BCUT2D eigenvalue weighted by molar-refractivity contribution is 0.425. The van der Waals surface area contributed by atoms with Gasteiger partial charge in [-0.3, -0.25) is 0 Å². The molecule has 0 amide bonds. The van der Waals surface area contributed by atoms with E-state index < -0.39 is 0 Å². The molecule has 1 fully saturated rings. The van der Waals surface area contributed by atoms with Gasteiger partial charge in [0, 0.05) is 21.8 Å². The molecule has 0 radical (unpaired) electrons. The predicted octanol–water partition coefficient (Wildman–Crippen LogP) is 4.27. The minimum absolute atomic E-state index is 0.616. The van der Waals surface area contributed by atoms with Gasteiger partial charge >= 0.3 is 0 Å². The highest BCUT2D eigenvalue weighted by molar-refractivity contribution is 7.99. The maximum absolute atomic E-state index is 6.24. The van der Waals surface area contributed by atoms with Gasteiger partial charge in [0.05, 0.1) is 0 Å². The maximum Gasteiger partial charge on any atom is 0.0439 e. The SMILES string of the molecule is CCCNC1CSCC1Cc1cc(Cl)ccc1Cl. The molecule has 0 bridgehead atoms. The van der Waals surface area contributed by atoms with Crippen LogP contribution < -0.4 is 5.32 Å². The average molecular weight is 304 g/mol. The normalized spacial score (nSPS) is 23.5. The molecule has 1 heterocycles. The molecule has 2 atom stereocenters. The van der Waals surface area contributed by atoms with Gasteiger partial charge < -0.3 is 5.32 Å². The summed E-state index contributed by atoms with van der Waals surface area (Å²) >= 11 is 14.3. The Morgan fingerprint density at radius 1 is 1.33 bits per heavy atom. The fourth-order valence-corrected chi connectivity index (χ4v) is 4.16. The zero-order valence-corrected chi connectivity index (χ0v) is 12.9. The molecular weight excluding hydrogens is 285 g/mol. The summed E-state index contributed by atoms with van der Waals surface area (Å²) in [5.74, 6) is 3.09. The summed E-state index contributed by atoms with van der Waals surface area (Å²) in [5, 5.41) is 5.25. The van der Waals surface area contributed by atoms with Gasteiger partial charge in [0.25, 0.3) is 0 Å². The smallest absolute Gasteiger partial charge is 0.0439 e. The second-order valence-corrected chi connectivity index (χ2v) is 6.72. The largest absolute Gasteiger partial charge is 0.313 e. The molecule has 18 heavy (non-hydrogen) atoms. The fraction of sp³-hybridized carbons (Fsp3) is 0.571. The molecule has 0 aromatic heterocycles. The second kappa shape index (κ2) is 7.04. The summed E-state index contributed by atoms with van der Waals surface area (Å²) in [6.45, 7) is 3.31. The van der Waals surface area contributed by atoms with Crippen molar-refractivity contribution >= 4 is 35.0 Å². The van der Waals surface area contributed by atoms with Gasteiger partial charge in [0.2, 0.25) is 0 Å². The van der Waals surface area contributed by atoms with Crippen LogP contribution in [-0.2, 0) is 6.42 Å². The Balaban J connectivity index is 2.01. The molecule has 0 spiro atoms. The van der Waals surface area contributed by atoms with Gasteiger partial charge in [0.15, 0.2) is 0 Å². The Morgan fingerprint density at radius 2 is 2.17 bits per heavy atom. The molecule has 1 aromatic carbocycles. The fourth-order valence-electron chi connectivity index (χ4n) is 2.34. The Morgan fingerprint density at radius 3 is 2.94 bits per heavy atom. The van der Waals surface area contributed by atoms with Gasteiger partial charge in [-0.15, -0.1) is 0 Å². The first-order chi connectivity index (χ1) is 8.70. The van der Waals surface area contributed by atoms with E-state index in [-0.39, 0.29) is 0 Å². The van der Waals surface area contributed by atoms with E-state index in [9.17, 15) is 0 Å². The number of halogens is 2. The van der Waals surface area contributed by atoms with Crippen LogP contribution in [0.15, 0.2) is 18.2 Å². The highest BCUT2D eigenvalue weighted by Gasteiger charge is 2.27. The maximum atomic E-state index is 6.24. The molecule has 1 saturated heterocycles. The predicted molar refractivity (Wildman–Crippen MR) is 83.1 cm³/mol. The van der Waals surface area contributed by atoms with Crippen LogP contribution >= 0.6 is 35.0 Å². The van der Waals surface area contributed by atoms with E-state index in [0.29, 0.717) is 12.0 Å². The Bertz CT molecular complexity index is 397. The van der Waals surface area contributed by atoms with Crippen molar-refractivity contribution in [3.05, 3.63) is 33.8 Å². The molecule has 1 N–H and O–H groups in total. The number of thioether (sulfide) groups is 1. The molecule has 1 aromatic rings. The standard InChI is InChI=1S/C14H19Cl2NS/c1-2-5-17-14-9-18-8-11(14)6-10-7-12(15)3-4-13(10)16/h3-4,7,11,14,17H,2,5-6,8-9H2,1H3. The zero-order chi connectivity index (χ0) is 13.0. The monoisotopic (exact) mass is 303 g/mol. The van der Waals surface area contributed by atoms with Crippen LogP contribution in [0.2, 0.25) is 10.0 Å². The zero-order valence-electron chi connectivity index (χ0n) is 10.6. The number of nitrogens with one attached hydrogen (secondary N) is 1. The Kier molecular flexibility index (Phi) is 5.68. The van der Waals surface area contributed by atoms with Gasteiger partial charge in [0.1, 0.15) is 0 Å². The van der Waals surface area contributed by atoms with Crippen molar-refractivity contribution in [2.75, 3.05) is 18.1 Å². The topological polar surface area (TPSA) is 12.0 Å². The van der Waals surface area contributed by atoms with Crippen LogP contribution in [0.25, 0.3) is 0 Å². The van der Waals surface area contributed by atoms with E-state index in [1.807, 2.05) is 30.0 Å². The quantitative estimate of drug-likeness (QED) is 0.872. The van der Waals surface area contributed by atoms with Crippen molar-refractivity contribution in [1.29, 1.82) is 0 Å². The van der Waals surface area contributed by atoms with Crippen LogP contribution in [0.1, 0.15) is 18.9 Å². The van der Waals surface area contributed by atoms with Crippen molar-refractivity contribution in [1.82, 2.24) is 5.32 Å². The van der Waals surface area contributed by atoms with Crippen molar-refractivity contribution in [2.45, 2.75) is 25.8 Å². The third-order valence-corrected chi connectivity index (χ3v) is 5.21. The summed E-state index contributed by atoms with van der Waals surface area (Å²) in [6.07, 6.45) is 2.21. The lowest BCUT2D eigenvalue weighted by Crippen LogP contribution is -2.36. The number of hydrogen-bond donors (Lipinski definition) is 1. The van der Waals surface area contributed by atoms with E-state index in [2.05, 4.69) is 12.2 Å². The van der Waals surface area contributed by atoms with Crippen LogP contribution in [-0.4, -0.2) is 24.1 Å². The first-order valence-corrected chi connectivity index (χ1v) is 8.36. The van der Waals surface area contributed by atoms with Crippen LogP contribution in [0.4, 0.5) is 0 Å². The summed E-state index contributed by atoms with van der Waals surface area (Å²) in [4.78, 5) is 0. The highest BCUT2D eigenvalue weighted by Crippen LogP contribution is 2.30. The lowest BCUT2D eigenvalue weighted by Gasteiger charge is -2.20. The Labute approximate surface area is 124 Å². The summed E-state index contributed by atoms with van der Waals surface area (Å²) in [7, 11) is 0. The van der Waals surface area contributed by atoms with E-state index in [1.54, 1.807) is 0 Å². The molecular formula is C14H19Cl2NS. The van der Waals surface area contributed by atoms with Crippen LogP contribution in [0, 0.1) is 5.92 Å². The first kappa shape index (κ1) is 14.5. The molecule has 0 saturated carbocycles. The van der Waals surface area contributed by atoms with Crippen molar-refractivity contribution in [3.63, 3.8) is 0 Å². The third kappa shape index (κ3) is 3.80. The van der Waals surface area contributed by atoms with Crippen LogP contribution in [0.3, 0.4) is 0 Å². The summed E-state index contributed by atoms with van der Waals surface area (Å²) in [6, 6.07) is 6.37. The van der Waals surface area contributed by atoms with Crippen molar-refractivity contribution in [2.24, 2.45) is 5.92 Å². The second-order valence-electron chi connectivity index (χ2n) is 4.80. The van der Waals surface area contributed by atoms with E-state index in [4.69, 9.17) is 23.2 Å². The molecule has 2 rings (SSSR count). The van der Waals surface area contributed by atoms with E-state index >= 15 is 0 Å². The molecule has 100 valence electrons. The minimum atomic E-state index is 0.616. The summed E-state index contributed by atoms with van der Waals surface area (Å²) in [5.41, 5.74) is 1.18. The highest BCUT2D eigenvalue weighted by atomic mass is 35.5. The molecule has 1 aliphatic heterocycles. The van der Waals surface area contributed by atoms with E-state index in [1.165, 1.54) is 23.5 Å². The lowest BCUT2D eigenvalue weighted by atomic mass is 9.95. The van der Waals surface area contributed by atoms with Crippen molar-refractivity contribution in [3.8, 4) is 0 Å². The molecule has 4 heteroatoms. The minimum Gasteiger partial charge on any atom is -0.313 e. The average Bonchev–Trinajstić information content (AvgIpc) is 2.79. The van der Waals surface area contributed by atoms with Crippen LogP contribution in [0.5, 0.6) is 0 Å². The number of rotatable bonds is 5. The summed E-state index contributed by atoms with van der Waals surface area (Å²) < 4.78 is 0. The van der Waals surface area contributed by atoms with E-state index in [0.717, 1.165) is 23.0 Å². The number of hydrogen-bond acceptors (Lipinski definition) is 2. The first-order valence-electron chi connectivity index (χ1n) is 6.45. The van der Waals surface area contributed by atoms with Gasteiger partial charge in [-0.1, -0.05) is 30.1 Å². The third-order valence-electron chi connectivity index (χ3n) is 3.34. The molecule has 1 nitrogen and oxygen atoms in total. The van der Waals surface area contributed by atoms with Crippen molar-refractivity contribution < 1.29 is 0 Å². The molecule has 0 aliphatic carbocycles.